The van der Waals surface area contributed by atoms with Crippen LogP contribution in [0.1, 0.15) is 13.3 Å². The van der Waals surface area contributed by atoms with Crippen molar-refractivity contribution in [2.24, 2.45) is 0 Å². The lowest BCUT2D eigenvalue weighted by Crippen LogP contribution is -1.92. The van der Waals surface area contributed by atoms with Crippen molar-refractivity contribution in [1.29, 1.82) is 0 Å². The molecule has 0 spiro atoms. The zero-order valence-corrected chi connectivity index (χ0v) is 7.52. The highest BCUT2D eigenvalue weighted by Gasteiger charge is 2.09. The quantitative estimate of drug-likeness (QED) is 0.278. The molecule has 10 heavy (non-hydrogen) atoms. The zero-order chi connectivity index (χ0) is 7.82. The van der Waals surface area contributed by atoms with Gasteiger partial charge in [-0.05, 0) is 6.42 Å². The van der Waals surface area contributed by atoms with E-state index in [0.717, 1.165) is 6.42 Å². The molecule has 0 aromatic carbocycles. The van der Waals surface area contributed by atoms with Crippen molar-refractivity contribution in [3.63, 3.8) is 0 Å². The van der Waals surface area contributed by atoms with Crippen LogP contribution < -0.4 is 0 Å². The molecule has 0 bridgehead atoms. The Morgan fingerprint density at radius 1 is 1.50 bits per heavy atom. The van der Waals surface area contributed by atoms with E-state index < -0.39 is 8.60 Å². The molecule has 0 amide bonds. The zero-order valence-electron chi connectivity index (χ0n) is 5.87. The standard InChI is InChI=1S/C4H10ClO4P/c1-3-4-7-9-10(6-2)8-5/h3-4H2,1-2H3. The molecule has 6 heteroatoms. The van der Waals surface area contributed by atoms with Crippen LogP contribution in [0.5, 0.6) is 0 Å². The first-order chi connectivity index (χ1) is 4.85. The van der Waals surface area contributed by atoms with Crippen LogP contribution in [0.3, 0.4) is 0 Å². The maximum atomic E-state index is 4.95. The molecule has 0 aliphatic carbocycles. The highest BCUT2D eigenvalue weighted by atomic mass is 35.5. The van der Waals surface area contributed by atoms with Gasteiger partial charge in [-0.2, -0.15) is 8.75 Å². The summed E-state index contributed by atoms with van der Waals surface area (Å²) in [7, 11) is -0.105. The molecule has 0 rings (SSSR count). The van der Waals surface area contributed by atoms with E-state index in [1.54, 1.807) is 0 Å². The monoisotopic (exact) mass is 188 g/mol. The van der Waals surface area contributed by atoms with Gasteiger partial charge in [0, 0.05) is 7.11 Å². The van der Waals surface area contributed by atoms with Gasteiger partial charge >= 0.3 is 8.60 Å². The van der Waals surface area contributed by atoms with Crippen LogP contribution in [-0.2, 0) is 18.2 Å². The molecular formula is C4H10ClO4P. The highest BCUT2D eigenvalue weighted by Crippen LogP contribution is 2.39. The summed E-state index contributed by atoms with van der Waals surface area (Å²) in [5.74, 6) is 0. The number of hydrogen-bond acceptors (Lipinski definition) is 4. The van der Waals surface area contributed by atoms with Crippen LogP contribution in [0.4, 0.5) is 0 Å². The predicted molar refractivity (Wildman–Crippen MR) is 38.2 cm³/mol. The van der Waals surface area contributed by atoms with E-state index in [0.29, 0.717) is 6.61 Å². The molecule has 0 saturated heterocycles. The van der Waals surface area contributed by atoms with Crippen molar-refractivity contribution in [3.05, 3.63) is 0 Å². The molecule has 0 radical (unpaired) electrons. The predicted octanol–water partition coefficient (Wildman–Crippen LogP) is 2.39. The first-order valence-electron chi connectivity index (χ1n) is 2.77. The van der Waals surface area contributed by atoms with E-state index in [1.165, 1.54) is 7.11 Å². The van der Waals surface area contributed by atoms with Gasteiger partial charge < -0.3 is 4.52 Å². The van der Waals surface area contributed by atoms with Crippen molar-refractivity contribution in [2.75, 3.05) is 13.7 Å². The Hall–Kier alpha value is 0.560. The van der Waals surface area contributed by atoms with E-state index in [4.69, 9.17) is 11.9 Å². The molecule has 0 fully saturated rings. The minimum absolute atomic E-state index is 0.502. The first-order valence-corrected chi connectivity index (χ1v) is 4.18. The van der Waals surface area contributed by atoms with E-state index >= 15 is 0 Å². The van der Waals surface area contributed by atoms with Gasteiger partial charge in [-0.25, -0.2) is 4.89 Å². The summed E-state index contributed by atoms with van der Waals surface area (Å²) >= 11 is 4.95. The second-order valence-electron chi connectivity index (χ2n) is 1.37. The Kier molecular flexibility index (Phi) is 8.09. The van der Waals surface area contributed by atoms with E-state index in [-0.39, 0.29) is 0 Å². The molecule has 0 saturated carbocycles. The summed E-state index contributed by atoms with van der Waals surface area (Å²) < 4.78 is 13.4. The smallest absolute Gasteiger partial charge is 0.313 e. The van der Waals surface area contributed by atoms with Crippen LogP contribution in [0, 0.1) is 0 Å². The topological polar surface area (TPSA) is 36.9 Å². The van der Waals surface area contributed by atoms with Crippen LogP contribution in [0.15, 0.2) is 0 Å². The largest absolute Gasteiger partial charge is 0.380 e. The molecule has 1 unspecified atom stereocenters. The minimum atomic E-state index is -1.52. The van der Waals surface area contributed by atoms with Gasteiger partial charge in [0.2, 0.25) is 0 Å². The Morgan fingerprint density at radius 3 is 2.60 bits per heavy atom. The van der Waals surface area contributed by atoms with Crippen LogP contribution in [0.25, 0.3) is 0 Å². The molecule has 0 aliphatic rings. The average molecular weight is 189 g/mol. The van der Waals surface area contributed by atoms with Gasteiger partial charge in [0.1, 0.15) is 0 Å². The summed E-state index contributed by atoms with van der Waals surface area (Å²) in [5.41, 5.74) is 0. The number of hydrogen-bond donors (Lipinski definition) is 0. The Balaban J connectivity index is 3.09. The van der Waals surface area contributed by atoms with Gasteiger partial charge in [-0.3, -0.25) is 0 Å². The maximum Gasteiger partial charge on any atom is 0.380 e. The Morgan fingerprint density at radius 2 is 2.20 bits per heavy atom. The van der Waals surface area contributed by atoms with Gasteiger partial charge in [0.15, 0.2) is 0 Å². The van der Waals surface area contributed by atoms with Crippen molar-refractivity contribution >= 4 is 20.5 Å². The average Bonchev–Trinajstić information content (AvgIpc) is 1.99. The summed E-state index contributed by atoms with van der Waals surface area (Å²) in [4.78, 5) is 4.62. The fourth-order valence-electron chi connectivity index (χ4n) is 0.234. The molecule has 0 N–H and O–H groups in total. The number of rotatable bonds is 6. The third-order valence-corrected chi connectivity index (χ3v) is 1.58. The van der Waals surface area contributed by atoms with Crippen molar-refractivity contribution in [1.82, 2.24) is 0 Å². The van der Waals surface area contributed by atoms with E-state index in [2.05, 4.69) is 18.2 Å². The Labute approximate surface area is 66.5 Å². The van der Waals surface area contributed by atoms with Crippen LogP contribution in [-0.4, -0.2) is 13.7 Å². The second-order valence-corrected chi connectivity index (χ2v) is 2.89. The summed E-state index contributed by atoms with van der Waals surface area (Å²) in [6, 6.07) is 0. The molecule has 1 atom stereocenters. The second kappa shape index (κ2) is 7.66. The molecule has 0 heterocycles. The SMILES string of the molecule is CCCOOP(OC)OCl. The van der Waals surface area contributed by atoms with Crippen molar-refractivity contribution < 1.29 is 18.2 Å². The van der Waals surface area contributed by atoms with Crippen LogP contribution in [0.2, 0.25) is 0 Å². The first kappa shape index (κ1) is 10.6. The van der Waals surface area contributed by atoms with Gasteiger partial charge in [0.05, 0.1) is 18.5 Å². The lowest BCUT2D eigenvalue weighted by molar-refractivity contribution is -0.212. The summed E-state index contributed by atoms with van der Waals surface area (Å²) in [5, 5.41) is 0. The molecular weight excluding hydrogens is 178 g/mol. The highest BCUT2D eigenvalue weighted by molar-refractivity contribution is 7.42. The summed E-state index contributed by atoms with van der Waals surface area (Å²) in [6.45, 7) is 2.46. The molecule has 62 valence electrons. The van der Waals surface area contributed by atoms with Crippen LogP contribution >= 0.6 is 20.5 Å². The van der Waals surface area contributed by atoms with E-state index in [1.807, 2.05) is 6.92 Å². The molecule has 0 aliphatic heterocycles. The third-order valence-electron chi connectivity index (χ3n) is 0.606. The lowest BCUT2D eigenvalue weighted by atomic mass is 10.5. The summed E-state index contributed by atoms with van der Waals surface area (Å²) in [6.07, 6.45) is 0.870. The molecule has 0 aromatic heterocycles. The van der Waals surface area contributed by atoms with Gasteiger partial charge in [-0.1, -0.05) is 6.92 Å². The minimum Gasteiger partial charge on any atom is -0.313 e. The van der Waals surface area contributed by atoms with Crippen molar-refractivity contribution in [2.45, 2.75) is 13.3 Å². The van der Waals surface area contributed by atoms with Gasteiger partial charge in [0.25, 0.3) is 0 Å². The molecule has 4 nitrogen and oxygen atoms in total. The fraction of sp³-hybridized carbons (Fsp3) is 1.00. The van der Waals surface area contributed by atoms with Gasteiger partial charge in [-0.15, -0.1) is 0 Å². The normalized spacial score (nSPS) is 13.5. The third kappa shape index (κ3) is 5.35. The number of halogens is 1. The molecule has 0 aromatic rings. The maximum absolute atomic E-state index is 4.95. The van der Waals surface area contributed by atoms with E-state index in [9.17, 15) is 0 Å². The fourth-order valence-corrected chi connectivity index (χ4v) is 0.773. The Bertz CT molecular complexity index is 70.3. The lowest BCUT2D eigenvalue weighted by Gasteiger charge is -2.06. The van der Waals surface area contributed by atoms with Crippen molar-refractivity contribution in [3.8, 4) is 0 Å².